The van der Waals surface area contributed by atoms with Crippen LogP contribution in [0.4, 0.5) is 0 Å². The molecule has 0 aliphatic carbocycles. The Bertz CT molecular complexity index is 193. The Morgan fingerprint density at radius 2 is 2.09 bits per heavy atom. The summed E-state index contributed by atoms with van der Waals surface area (Å²) >= 11 is 0. The number of hydrogen-bond donors (Lipinski definition) is 1. The number of rotatable bonds is 3. The summed E-state index contributed by atoms with van der Waals surface area (Å²) < 4.78 is 4.39. The Balaban J connectivity index is 4.15. The summed E-state index contributed by atoms with van der Waals surface area (Å²) in [5, 5.41) is 8.33. The van der Waals surface area contributed by atoms with Crippen LogP contribution < -0.4 is 0 Å². The number of carbonyl (C=O) groups excluding carboxylic acids is 2. The quantitative estimate of drug-likeness (QED) is 0.282. The molecule has 0 aliphatic rings. The zero-order chi connectivity index (χ0) is 8.85. The van der Waals surface area contributed by atoms with Crippen molar-refractivity contribution in [3.05, 3.63) is 11.8 Å². The van der Waals surface area contributed by atoms with Gasteiger partial charge in [-0.05, 0) is 13.8 Å². The number of esters is 1. The summed E-state index contributed by atoms with van der Waals surface area (Å²) in [5.74, 6) is -1.75. The minimum absolute atomic E-state index is 0.0246. The number of Topliss-reactive ketones (excluding diaryl/α,β-unsaturated/α-hetero) is 1. The van der Waals surface area contributed by atoms with Crippen molar-refractivity contribution in [3.63, 3.8) is 0 Å². The maximum atomic E-state index is 10.8. The van der Waals surface area contributed by atoms with E-state index in [4.69, 9.17) is 5.11 Å². The smallest absolute Gasteiger partial charge is 0.379 e. The summed E-state index contributed by atoms with van der Waals surface area (Å²) in [6, 6.07) is 0. The zero-order valence-electron chi connectivity index (χ0n) is 6.46. The van der Waals surface area contributed by atoms with Crippen molar-refractivity contribution in [1.82, 2.24) is 0 Å². The lowest BCUT2D eigenvalue weighted by Gasteiger charge is -1.98. The van der Waals surface area contributed by atoms with Gasteiger partial charge in [-0.25, -0.2) is 4.79 Å². The number of ether oxygens (including phenoxy) is 1. The van der Waals surface area contributed by atoms with E-state index in [1.54, 1.807) is 6.92 Å². The van der Waals surface area contributed by atoms with Gasteiger partial charge in [0.15, 0.2) is 0 Å². The van der Waals surface area contributed by atoms with Crippen molar-refractivity contribution < 1.29 is 19.4 Å². The van der Waals surface area contributed by atoms with Crippen LogP contribution >= 0.6 is 0 Å². The van der Waals surface area contributed by atoms with Gasteiger partial charge in [0.1, 0.15) is 0 Å². The molecule has 0 bridgehead atoms. The molecule has 0 aromatic carbocycles. The number of carbonyl (C=O) groups is 2. The van der Waals surface area contributed by atoms with E-state index in [1.807, 2.05) is 0 Å². The number of aliphatic hydroxyl groups excluding tert-OH is 1. The van der Waals surface area contributed by atoms with E-state index >= 15 is 0 Å². The average Bonchev–Trinajstić information content (AvgIpc) is 2.02. The van der Waals surface area contributed by atoms with E-state index in [9.17, 15) is 9.59 Å². The Hall–Kier alpha value is -1.32. The van der Waals surface area contributed by atoms with Gasteiger partial charge in [-0.2, -0.15) is 0 Å². The maximum absolute atomic E-state index is 10.8. The minimum atomic E-state index is -0.935. The Morgan fingerprint density at radius 3 is 2.45 bits per heavy atom. The first-order valence-electron chi connectivity index (χ1n) is 3.16. The molecule has 0 aromatic rings. The highest BCUT2D eigenvalue weighted by molar-refractivity contribution is 6.40. The van der Waals surface area contributed by atoms with Gasteiger partial charge in [0, 0.05) is 5.57 Å². The third kappa shape index (κ3) is 2.84. The van der Waals surface area contributed by atoms with Crippen molar-refractivity contribution in [2.45, 2.75) is 13.8 Å². The van der Waals surface area contributed by atoms with Crippen LogP contribution in [0.1, 0.15) is 13.8 Å². The van der Waals surface area contributed by atoms with Gasteiger partial charge in [0.2, 0.25) is 0 Å². The van der Waals surface area contributed by atoms with Crippen LogP contribution in [0, 0.1) is 0 Å². The molecular formula is C7H10O4. The first-order chi connectivity index (χ1) is 5.13. The Morgan fingerprint density at radius 1 is 1.55 bits per heavy atom. The van der Waals surface area contributed by atoms with E-state index in [2.05, 4.69) is 4.74 Å². The standard InChI is InChI=1S/C7H10O4/c1-3-11-7(10)6(9)5(2)4-8/h4,8H,3H2,1-2H3/b5-4+. The van der Waals surface area contributed by atoms with Crippen molar-refractivity contribution >= 4 is 11.8 Å². The molecule has 0 heterocycles. The van der Waals surface area contributed by atoms with Crippen LogP contribution in [0.2, 0.25) is 0 Å². The molecule has 0 saturated heterocycles. The lowest BCUT2D eigenvalue weighted by Crippen LogP contribution is -2.18. The SMILES string of the molecule is CCOC(=O)C(=O)/C(C)=C/O. The van der Waals surface area contributed by atoms with Crippen molar-refractivity contribution in [1.29, 1.82) is 0 Å². The molecule has 0 amide bonds. The number of hydrogen-bond acceptors (Lipinski definition) is 4. The molecule has 62 valence electrons. The lowest BCUT2D eigenvalue weighted by molar-refractivity contribution is -0.151. The highest BCUT2D eigenvalue weighted by Gasteiger charge is 2.16. The van der Waals surface area contributed by atoms with Gasteiger partial charge >= 0.3 is 5.97 Å². The van der Waals surface area contributed by atoms with E-state index < -0.39 is 11.8 Å². The maximum Gasteiger partial charge on any atom is 0.379 e. The van der Waals surface area contributed by atoms with Crippen LogP contribution in [0.5, 0.6) is 0 Å². The van der Waals surface area contributed by atoms with Crippen LogP contribution in [0.25, 0.3) is 0 Å². The fraction of sp³-hybridized carbons (Fsp3) is 0.429. The topological polar surface area (TPSA) is 63.6 Å². The zero-order valence-corrected chi connectivity index (χ0v) is 6.46. The molecule has 0 aliphatic heterocycles. The monoisotopic (exact) mass is 158 g/mol. The molecular weight excluding hydrogens is 148 g/mol. The molecule has 4 nitrogen and oxygen atoms in total. The number of aliphatic hydroxyl groups is 1. The number of ketones is 1. The fourth-order valence-electron chi connectivity index (χ4n) is 0.416. The highest BCUT2D eigenvalue weighted by atomic mass is 16.5. The average molecular weight is 158 g/mol. The summed E-state index contributed by atoms with van der Waals surface area (Å²) in [6.45, 7) is 3.09. The van der Waals surface area contributed by atoms with E-state index in [-0.39, 0.29) is 12.2 Å². The molecule has 0 spiro atoms. The molecule has 11 heavy (non-hydrogen) atoms. The van der Waals surface area contributed by atoms with Crippen LogP contribution in [0.3, 0.4) is 0 Å². The molecule has 1 N–H and O–H groups in total. The Labute approximate surface area is 64.5 Å². The van der Waals surface area contributed by atoms with Crippen molar-refractivity contribution in [2.75, 3.05) is 6.61 Å². The third-order valence-corrected chi connectivity index (χ3v) is 1.01. The van der Waals surface area contributed by atoms with Gasteiger partial charge in [-0.15, -0.1) is 0 Å². The van der Waals surface area contributed by atoms with E-state index in [0.29, 0.717) is 6.26 Å². The highest BCUT2D eigenvalue weighted by Crippen LogP contribution is 1.94. The van der Waals surface area contributed by atoms with Crippen molar-refractivity contribution in [3.8, 4) is 0 Å². The Kier molecular flexibility index (Phi) is 3.95. The molecule has 0 radical (unpaired) electrons. The third-order valence-electron chi connectivity index (χ3n) is 1.01. The largest absolute Gasteiger partial charge is 0.515 e. The molecule has 0 aromatic heterocycles. The van der Waals surface area contributed by atoms with Gasteiger partial charge in [0.05, 0.1) is 12.9 Å². The predicted molar refractivity (Wildman–Crippen MR) is 38.0 cm³/mol. The minimum Gasteiger partial charge on any atom is -0.515 e. The second-order valence-electron chi connectivity index (χ2n) is 1.86. The first kappa shape index (κ1) is 9.68. The normalized spacial score (nSPS) is 10.9. The molecule has 0 rings (SSSR count). The first-order valence-corrected chi connectivity index (χ1v) is 3.16. The summed E-state index contributed by atoms with van der Waals surface area (Å²) in [6.07, 6.45) is 0.583. The van der Waals surface area contributed by atoms with Gasteiger partial charge in [-0.3, -0.25) is 4.79 Å². The predicted octanol–water partition coefficient (Wildman–Crippen LogP) is 0.580. The fourth-order valence-corrected chi connectivity index (χ4v) is 0.416. The van der Waals surface area contributed by atoms with Crippen LogP contribution in [-0.2, 0) is 14.3 Å². The van der Waals surface area contributed by atoms with E-state index in [1.165, 1.54) is 6.92 Å². The van der Waals surface area contributed by atoms with Crippen molar-refractivity contribution in [2.24, 2.45) is 0 Å². The van der Waals surface area contributed by atoms with Crippen LogP contribution in [-0.4, -0.2) is 23.5 Å². The molecule has 0 atom stereocenters. The molecule has 4 heteroatoms. The molecule has 0 fully saturated rings. The van der Waals surface area contributed by atoms with Crippen LogP contribution in [0.15, 0.2) is 11.8 Å². The van der Waals surface area contributed by atoms with Gasteiger partial charge < -0.3 is 9.84 Å². The summed E-state index contributed by atoms with van der Waals surface area (Å²) in [7, 11) is 0. The second-order valence-corrected chi connectivity index (χ2v) is 1.86. The van der Waals surface area contributed by atoms with E-state index in [0.717, 1.165) is 0 Å². The second kappa shape index (κ2) is 4.49. The molecule has 0 saturated carbocycles. The van der Waals surface area contributed by atoms with Gasteiger partial charge in [-0.1, -0.05) is 0 Å². The summed E-state index contributed by atoms with van der Waals surface area (Å²) in [5.41, 5.74) is -0.0246. The van der Waals surface area contributed by atoms with Gasteiger partial charge in [0.25, 0.3) is 5.78 Å². The molecule has 0 unspecified atom stereocenters. The lowest BCUT2D eigenvalue weighted by atomic mass is 10.2. The summed E-state index contributed by atoms with van der Waals surface area (Å²) in [4.78, 5) is 21.4.